The van der Waals surface area contributed by atoms with Crippen molar-refractivity contribution in [3.05, 3.63) is 59.7 Å². The Labute approximate surface area is 132 Å². The lowest BCUT2D eigenvalue weighted by atomic mass is 10.2. The second kappa shape index (κ2) is 7.32. The van der Waals surface area contributed by atoms with Gasteiger partial charge in [0.2, 0.25) is 0 Å². The van der Waals surface area contributed by atoms with Crippen molar-refractivity contribution >= 4 is 5.69 Å². The fourth-order valence-corrected chi connectivity index (χ4v) is 2.99. The molecule has 3 heteroatoms. The van der Waals surface area contributed by atoms with E-state index >= 15 is 0 Å². The van der Waals surface area contributed by atoms with Gasteiger partial charge in [-0.1, -0.05) is 12.1 Å². The lowest BCUT2D eigenvalue weighted by Crippen LogP contribution is -2.80. The molecule has 1 fully saturated rings. The molecule has 3 rings (SSSR count). The highest BCUT2D eigenvalue weighted by atomic mass is 16.5. The van der Waals surface area contributed by atoms with Crippen molar-refractivity contribution in [1.82, 2.24) is 0 Å². The molecule has 116 valence electrons. The molecule has 2 aromatic rings. The smallest absolute Gasteiger partial charge is 0.118 e. The number of hydrogen-bond donors (Lipinski definition) is 1. The zero-order valence-electron chi connectivity index (χ0n) is 13.3. The maximum absolute atomic E-state index is 5.18. The van der Waals surface area contributed by atoms with E-state index in [1.165, 1.54) is 42.7 Å². The minimum Gasteiger partial charge on any atom is -0.497 e. The molecule has 3 nitrogen and oxygen atoms in total. The lowest BCUT2D eigenvalue weighted by Gasteiger charge is -2.17. The van der Waals surface area contributed by atoms with Gasteiger partial charge >= 0.3 is 0 Å². The number of rotatable bonds is 6. The molecule has 0 spiro atoms. The fraction of sp³-hybridized carbons (Fsp3) is 0.368. The van der Waals surface area contributed by atoms with Crippen LogP contribution in [0.25, 0.3) is 0 Å². The van der Waals surface area contributed by atoms with Crippen LogP contribution in [-0.4, -0.2) is 20.2 Å². The van der Waals surface area contributed by atoms with Gasteiger partial charge in [0.05, 0.1) is 7.11 Å². The summed E-state index contributed by atoms with van der Waals surface area (Å²) in [5.41, 5.74) is 4.09. The van der Waals surface area contributed by atoms with E-state index < -0.39 is 0 Å². The quantitative estimate of drug-likeness (QED) is 0.888. The van der Waals surface area contributed by atoms with Crippen molar-refractivity contribution in [3.8, 4) is 5.75 Å². The van der Waals surface area contributed by atoms with E-state index in [0.717, 1.165) is 18.8 Å². The van der Waals surface area contributed by atoms with Crippen molar-refractivity contribution in [2.75, 3.05) is 25.1 Å². The number of anilines is 1. The molecule has 0 aromatic heterocycles. The van der Waals surface area contributed by atoms with E-state index in [1.54, 1.807) is 7.11 Å². The maximum atomic E-state index is 5.18. The van der Waals surface area contributed by atoms with E-state index in [2.05, 4.69) is 46.6 Å². The first-order chi connectivity index (χ1) is 10.8. The normalized spacial score (nSPS) is 14.3. The number of methoxy groups -OCH3 is 1. The Hall–Kier alpha value is -2.00. The van der Waals surface area contributed by atoms with Crippen LogP contribution in [0.1, 0.15) is 24.0 Å². The first-order valence-corrected chi connectivity index (χ1v) is 8.13. The third-order valence-electron chi connectivity index (χ3n) is 4.33. The average Bonchev–Trinajstić information content (AvgIpc) is 3.11. The largest absolute Gasteiger partial charge is 0.497 e. The minimum absolute atomic E-state index is 0.918. The maximum Gasteiger partial charge on any atom is 0.118 e. The molecule has 0 aliphatic carbocycles. The van der Waals surface area contributed by atoms with E-state index in [-0.39, 0.29) is 0 Å². The Bertz CT molecular complexity index is 571. The van der Waals surface area contributed by atoms with Crippen LogP contribution >= 0.6 is 0 Å². The summed E-state index contributed by atoms with van der Waals surface area (Å²) in [5, 5.41) is 2.34. The molecule has 0 bridgehead atoms. The zero-order valence-corrected chi connectivity index (χ0v) is 13.3. The monoisotopic (exact) mass is 297 g/mol. The number of hydrogen-bond acceptors (Lipinski definition) is 2. The van der Waals surface area contributed by atoms with Gasteiger partial charge in [0.15, 0.2) is 0 Å². The standard InChI is InChI=1S/C19H24N2O/c1-22-19-10-6-17(7-11-19)15-20-14-16-4-8-18(9-5-16)21-12-2-3-13-21/h4-11,20H,2-3,12-15H2,1H3/p+1. The third-order valence-corrected chi connectivity index (χ3v) is 4.33. The molecular weight excluding hydrogens is 272 g/mol. The summed E-state index contributed by atoms with van der Waals surface area (Å²) in [6.45, 7) is 4.44. The average molecular weight is 297 g/mol. The van der Waals surface area contributed by atoms with Crippen LogP contribution in [-0.2, 0) is 13.1 Å². The number of nitrogens with two attached hydrogens (primary N) is 1. The summed E-state index contributed by atoms with van der Waals surface area (Å²) >= 11 is 0. The van der Waals surface area contributed by atoms with Crippen LogP contribution < -0.4 is 15.0 Å². The molecule has 0 amide bonds. The van der Waals surface area contributed by atoms with Crippen molar-refractivity contribution in [2.24, 2.45) is 0 Å². The lowest BCUT2D eigenvalue weighted by molar-refractivity contribution is -0.686. The molecule has 0 atom stereocenters. The molecule has 1 aliphatic rings. The van der Waals surface area contributed by atoms with Crippen molar-refractivity contribution < 1.29 is 10.1 Å². The number of quaternary nitrogens is 1. The van der Waals surface area contributed by atoms with Crippen LogP contribution in [0.2, 0.25) is 0 Å². The van der Waals surface area contributed by atoms with Crippen molar-refractivity contribution in [1.29, 1.82) is 0 Å². The Morgan fingerprint density at radius 1 is 0.864 bits per heavy atom. The second-order valence-electron chi connectivity index (χ2n) is 5.91. The molecule has 22 heavy (non-hydrogen) atoms. The van der Waals surface area contributed by atoms with Crippen LogP contribution in [0.5, 0.6) is 5.75 Å². The summed E-state index contributed by atoms with van der Waals surface area (Å²) in [4.78, 5) is 2.48. The number of benzene rings is 2. The van der Waals surface area contributed by atoms with Gasteiger partial charge in [-0.15, -0.1) is 0 Å². The minimum atomic E-state index is 0.918. The highest BCUT2D eigenvalue weighted by Gasteiger charge is 2.11. The van der Waals surface area contributed by atoms with E-state index in [1.807, 2.05) is 12.1 Å². The van der Waals surface area contributed by atoms with Gasteiger partial charge in [0.25, 0.3) is 0 Å². The molecule has 1 heterocycles. The van der Waals surface area contributed by atoms with Gasteiger partial charge in [-0.2, -0.15) is 0 Å². The summed E-state index contributed by atoms with van der Waals surface area (Å²) in [6, 6.07) is 17.4. The van der Waals surface area contributed by atoms with Crippen LogP contribution in [0.15, 0.2) is 48.5 Å². The van der Waals surface area contributed by atoms with Gasteiger partial charge in [-0.05, 0) is 49.2 Å². The van der Waals surface area contributed by atoms with Crippen LogP contribution in [0.4, 0.5) is 5.69 Å². The zero-order chi connectivity index (χ0) is 15.2. The summed E-state index contributed by atoms with van der Waals surface area (Å²) in [6.07, 6.45) is 2.66. The van der Waals surface area contributed by atoms with E-state index in [9.17, 15) is 0 Å². The first kappa shape index (κ1) is 14.9. The number of nitrogens with zero attached hydrogens (tertiary/aromatic N) is 1. The summed E-state index contributed by atoms with van der Waals surface area (Å²) < 4.78 is 5.18. The molecule has 0 unspecified atom stereocenters. The Kier molecular flexibility index (Phi) is 4.96. The molecule has 2 N–H and O–H groups in total. The van der Waals surface area contributed by atoms with E-state index in [4.69, 9.17) is 4.74 Å². The molecule has 1 aliphatic heterocycles. The number of ether oxygens (including phenoxy) is 1. The molecule has 1 saturated heterocycles. The van der Waals surface area contributed by atoms with Gasteiger partial charge in [-0.25, -0.2) is 0 Å². The van der Waals surface area contributed by atoms with Crippen molar-refractivity contribution in [2.45, 2.75) is 25.9 Å². The van der Waals surface area contributed by atoms with Gasteiger partial charge in [0, 0.05) is 29.9 Å². The van der Waals surface area contributed by atoms with Gasteiger partial charge in [-0.3, -0.25) is 0 Å². The van der Waals surface area contributed by atoms with Crippen LogP contribution in [0, 0.1) is 0 Å². The topological polar surface area (TPSA) is 29.1 Å². The Morgan fingerprint density at radius 3 is 1.95 bits per heavy atom. The second-order valence-corrected chi connectivity index (χ2v) is 5.91. The highest BCUT2D eigenvalue weighted by molar-refractivity contribution is 5.48. The SMILES string of the molecule is COc1ccc(C[NH2+]Cc2ccc(N3CCCC3)cc2)cc1. The predicted molar refractivity (Wildman–Crippen MR) is 90.2 cm³/mol. The van der Waals surface area contributed by atoms with Gasteiger partial charge < -0.3 is 15.0 Å². The fourth-order valence-electron chi connectivity index (χ4n) is 2.99. The summed E-state index contributed by atoms with van der Waals surface area (Å²) in [7, 11) is 1.70. The van der Waals surface area contributed by atoms with Gasteiger partial charge in [0.1, 0.15) is 18.8 Å². The summed E-state index contributed by atoms with van der Waals surface area (Å²) in [5.74, 6) is 0.918. The highest BCUT2D eigenvalue weighted by Crippen LogP contribution is 2.20. The molecule has 0 radical (unpaired) electrons. The molecule has 2 aromatic carbocycles. The Balaban J connectivity index is 1.48. The first-order valence-electron chi connectivity index (χ1n) is 8.13. The molecule has 0 saturated carbocycles. The predicted octanol–water partition coefficient (Wildman–Crippen LogP) is 2.56. The van der Waals surface area contributed by atoms with Crippen LogP contribution in [0.3, 0.4) is 0 Å². The van der Waals surface area contributed by atoms with Crippen molar-refractivity contribution in [3.63, 3.8) is 0 Å². The van der Waals surface area contributed by atoms with E-state index in [0.29, 0.717) is 0 Å². The third kappa shape index (κ3) is 3.80. The Morgan fingerprint density at radius 2 is 1.41 bits per heavy atom. The molecular formula is C19H25N2O+.